The first-order valence-electron chi connectivity index (χ1n) is 7.21. The number of carbonyl (C=O) groups excluding carboxylic acids is 2. The maximum Gasteiger partial charge on any atom is 0.339 e. The molecular formula is C17H16N2O6S. The van der Waals surface area contributed by atoms with Gasteiger partial charge >= 0.3 is 11.9 Å². The Bertz CT molecular complexity index is 973. The summed E-state index contributed by atoms with van der Waals surface area (Å²) in [5, 5.41) is 7.69. The number of hydrogen-bond donors (Lipinski definition) is 2. The van der Waals surface area contributed by atoms with Gasteiger partial charge in [0.25, 0.3) is 10.0 Å². The van der Waals surface area contributed by atoms with Gasteiger partial charge in [-0.05, 0) is 30.4 Å². The minimum Gasteiger partial charge on any atom is -0.465 e. The first-order chi connectivity index (χ1) is 12.2. The van der Waals surface area contributed by atoms with Crippen LogP contribution in [0, 0.1) is 5.41 Å². The van der Waals surface area contributed by atoms with E-state index in [1.165, 1.54) is 43.5 Å². The van der Waals surface area contributed by atoms with Crippen LogP contribution in [-0.2, 0) is 19.5 Å². The zero-order chi connectivity index (χ0) is 19.5. The number of benzene rings is 1. The van der Waals surface area contributed by atoms with Crippen molar-refractivity contribution in [3.05, 3.63) is 64.6 Å². The lowest BCUT2D eigenvalue weighted by atomic mass is 10.1. The van der Waals surface area contributed by atoms with Crippen molar-refractivity contribution in [1.29, 1.82) is 5.41 Å². The molecule has 0 atom stereocenters. The zero-order valence-electron chi connectivity index (χ0n) is 14.0. The van der Waals surface area contributed by atoms with Crippen molar-refractivity contribution >= 4 is 33.4 Å². The summed E-state index contributed by atoms with van der Waals surface area (Å²) in [6.07, 6.45) is 4.08. The molecule has 0 saturated carbocycles. The van der Waals surface area contributed by atoms with Gasteiger partial charge in [0.15, 0.2) is 0 Å². The fraction of sp³-hybridized carbons (Fsp3) is 0.118. The molecule has 1 aliphatic rings. The molecule has 0 unspecified atom stereocenters. The molecule has 136 valence electrons. The number of sulfonamides is 1. The lowest BCUT2D eigenvalue weighted by Crippen LogP contribution is -2.21. The highest BCUT2D eigenvalue weighted by atomic mass is 32.2. The van der Waals surface area contributed by atoms with E-state index in [0.717, 1.165) is 7.11 Å². The average molecular weight is 376 g/mol. The maximum absolute atomic E-state index is 12.7. The van der Waals surface area contributed by atoms with Gasteiger partial charge in [0.1, 0.15) is 0 Å². The number of rotatable bonds is 5. The molecule has 1 aromatic rings. The molecule has 0 aliphatic heterocycles. The van der Waals surface area contributed by atoms with E-state index in [0.29, 0.717) is 0 Å². The van der Waals surface area contributed by atoms with Gasteiger partial charge < -0.3 is 14.9 Å². The van der Waals surface area contributed by atoms with Crippen molar-refractivity contribution in [3.63, 3.8) is 0 Å². The van der Waals surface area contributed by atoms with Crippen LogP contribution in [0.15, 0.2) is 53.5 Å². The minimum atomic E-state index is -4.17. The molecule has 2 N–H and O–H groups in total. The van der Waals surface area contributed by atoms with Crippen LogP contribution in [0.2, 0.25) is 0 Å². The number of anilines is 1. The topological polar surface area (TPSA) is 123 Å². The highest BCUT2D eigenvalue weighted by molar-refractivity contribution is 7.96. The molecule has 1 aromatic carbocycles. The third-order valence-corrected chi connectivity index (χ3v) is 4.96. The largest absolute Gasteiger partial charge is 0.465 e. The van der Waals surface area contributed by atoms with E-state index in [9.17, 15) is 18.0 Å². The number of esters is 2. The molecule has 0 aromatic heterocycles. The van der Waals surface area contributed by atoms with Crippen molar-refractivity contribution in [2.75, 3.05) is 18.9 Å². The first-order valence-corrected chi connectivity index (χ1v) is 8.69. The van der Waals surface area contributed by atoms with Crippen LogP contribution in [0.25, 0.3) is 0 Å². The monoisotopic (exact) mass is 376 g/mol. The molecule has 26 heavy (non-hydrogen) atoms. The number of hydrogen-bond acceptors (Lipinski definition) is 7. The number of carbonyl (C=O) groups is 2. The summed E-state index contributed by atoms with van der Waals surface area (Å²) in [4.78, 5) is 23.4. The van der Waals surface area contributed by atoms with Gasteiger partial charge in [0, 0.05) is 5.57 Å². The lowest BCUT2D eigenvalue weighted by molar-refractivity contribution is 0.0587. The first kappa shape index (κ1) is 19.1. The minimum absolute atomic E-state index is 0.00346. The molecule has 0 saturated heterocycles. The summed E-state index contributed by atoms with van der Waals surface area (Å²) in [7, 11) is -1.85. The van der Waals surface area contributed by atoms with Crippen molar-refractivity contribution in [2.24, 2.45) is 0 Å². The second kappa shape index (κ2) is 7.36. The summed E-state index contributed by atoms with van der Waals surface area (Å²) < 4.78 is 36.9. The predicted octanol–water partition coefficient (Wildman–Crippen LogP) is 2.03. The summed E-state index contributed by atoms with van der Waals surface area (Å²) >= 11 is 0. The molecule has 0 fully saturated rings. The summed E-state index contributed by atoms with van der Waals surface area (Å²) in [5.74, 6) is -1.49. The smallest absolute Gasteiger partial charge is 0.339 e. The molecule has 0 amide bonds. The van der Waals surface area contributed by atoms with E-state index in [4.69, 9.17) is 5.41 Å². The van der Waals surface area contributed by atoms with Crippen LogP contribution in [0.5, 0.6) is 0 Å². The number of ether oxygens (including phenoxy) is 2. The van der Waals surface area contributed by atoms with Gasteiger partial charge in [-0.3, -0.25) is 4.72 Å². The van der Waals surface area contributed by atoms with Gasteiger partial charge in [0.05, 0.1) is 41.7 Å². The Balaban J connectivity index is 2.52. The Morgan fingerprint density at radius 3 is 2.42 bits per heavy atom. The van der Waals surface area contributed by atoms with Crippen molar-refractivity contribution in [1.82, 2.24) is 0 Å². The van der Waals surface area contributed by atoms with E-state index in [2.05, 4.69) is 20.8 Å². The van der Waals surface area contributed by atoms with Gasteiger partial charge in [-0.25, -0.2) is 18.0 Å². The standard InChI is InChI=1S/C17H16N2O6S/c1-10-13(18)5-4-6-15(10)26(22,23)19-14-9-11(16(20)24-2)7-8-12(14)17(21)25-3/h4-9,18-19H,1H2,2-3H3. The summed E-state index contributed by atoms with van der Waals surface area (Å²) in [6.45, 7) is 3.59. The lowest BCUT2D eigenvalue weighted by Gasteiger charge is -2.17. The fourth-order valence-corrected chi connectivity index (χ4v) is 3.44. The van der Waals surface area contributed by atoms with E-state index < -0.39 is 22.0 Å². The third kappa shape index (κ3) is 3.72. The Hall–Kier alpha value is -3.20. The van der Waals surface area contributed by atoms with Crippen LogP contribution in [-0.4, -0.2) is 40.3 Å². The molecule has 8 nitrogen and oxygen atoms in total. The summed E-state index contributed by atoms with van der Waals surface area (Å²) in [6, 6.07) is 3.73. The van der Waals surface area contributed by atoms with E-state index >= 15 is 0 Å². The van der Waals surface area contributed by atoms with E-state index in [1.54, 1.807) is 0 Å². The zero-order valence-corrected chi connectivity index (χ0v) is 14.8. The van der Waals surface area contributed by atoms with Crippen molar-refractivity contribution in [2.45, 2.75) is 0 Å². The predicted molar refractivity (Wildman–Crippen MR) is 95.8 cm³/mol. The van der Waals surface area contributed by atoms with Crippen molar-refractivity contribution in [3.8, 4) is 0 Å². The molecule has 0 spiro atoms. The van der Waals surface area contributed by atoms with Gasteiger partial charge in [-0.1, -0.05) is 12.7 Å². The van der Waals surface area contributed by atoms with Crippen LogP contribution in [0.4, 0.5) is 5.69 Å². The fourth-order valence-electron chi connectivity index (χ4n) is 2.18. The molecule has 0 bridgehead atoms. The molecule has 0 heterocycles. The molecule has 9 heteroatoms. The highest BCUT2D eigenvalue weighted by Gasteiger charge is 2.26. The number of nitrogens with one attached hydrogen (secondary N) is 2. The number of allylic oxidation sites excluding steroid dienone is 4. The van der Waals surface area contributed by atoms with Crippen LogP contribution >= 0.6 is 0 Å². The molecular weight excluding hydrogens is 360 g/mol. The van der Waals surface area contributed by atoms with E-state index in [1.807, 2.05) is 0 Å². The quantitative estimate of drug-likeness (QED) is 0.758. The van der Waals surface area contributed by atoms with Crippen LogP contribution < -0.4 is 4.72 Å². The van der Waals surface area contributed by atoms with Gasteiger partial charge in [-0.15, -0.1) is 0 Å². The number of methoxy groups -OCH3 is 2. The van der Waals surface area contributed by atoms with Gasteiger partial charge in [-0.2, -0.15) is 0 Å². The summed E-state index contributed by atoms with van der Waals surface area (Å²) in [5.41, 5.74) is -0.249. The second-order valence-electron chi connectivity index (χ2n) is 5.13. The Labute approximate surface area is 150 Å². The maximum atomic E-state index is 12.7. The molecule has 1 aliphatic carbocycles. The highest BCUT2D eigenvalue weighted by Crippen LogP contribution is 2.26. The van der Waals surface area contributed by atoms with Crippen LogP contribution in [0.3, 0.4) is 0 Å². The van der Waals surface area contributed by atoms with Gasteiger partial charge in [0.2, 0.25) is 0 Å². The Kier molecular flexibility index (Phi) is 5.41. The SMILES string of the molecule is C=C1C(=N)C=CC=C1S(=O)(=O)Nc1cc(C(=O)OC)ccc1C(=O)OC. The van der Waals surface area contributed by atoms with Crippen molar-refractivity contribution < 1.29 is 27.5 Å². The average Bonchev–Trinajstić information content (AvgIpc) is 2.62. The molecule has 2 rings (SSSR count). The normalized spacial score (nSPS) is 13.8. The van der Waals surface area contributed by atoms with Crippen LogP contribution in [0.1, 0.15) is 20.7 Å². The Morgan fingerprint density at radius 1 is 1.15 bits per heavy atom. The van der Waals surface area contributed by atoms with E-state index in [-0.39, 0.29) is 33.0 Å². The Morgan fingerprint density at radius 2 is 1.81 bits per heavy atom. The third-order valence-electron chi connectivity index (χ3n) is 3.51. The molecule has 0 radical (unpaired) electrons. The second-order valence-corrected chi connectivity index (χ2v) is 6.78.